The maximum absolute atomic E-state index is 12.4. The molecule has 0 bridgehead atoms. The molecular formula is C44H83NO4. The van der Waals surface area contributed by atoms with Crippen molar-refractivity contribution in [1.82, 2.24) is 5.32 Å². The van der Waals surface area contributed by atoms with Gasteiger partial charge in [-0.2, -0.15) is 0 Å². The molecule has 0 rings (SSSR count). The monoisotopic (exact) mass is 690 g/mol. The Hall–Kier alpha value is -1.43. The zero-order chi connectivity index (χ0) is 35.9. The fourth-order valence-corrected chi connectivity index (χ4v) is 6.33. The number of rotatable bonds is 38. The van der Waals surface area contributed by atoms with E-state index in [9.17, 15) is 20.1 Å². The number of aliphatic hydroxyl groups is 3. The molecular weight excluding hydrogens is 606 g/mol. The first kappa shape index (κ1) is 47.6. The summed E-state index contributed by atoms with van der Waals surface area (Å²) in [4.78, 5) is 12.4. The van der Waals surface area contributed by atoms with Gasteiger partial charge in [0.25, 0.3) is 0 Å². The smallest absolute Gasteiger partial charge is 0.249 e. The van der Waals surface area contributed by atoms with Crippen molar-refractivity contribution in [1.29, 1.82) is 0 Å². The van der Waals surface area contributed by atoms with Crippen LogP contribution < -0.4 is 5.32 Å². The van der Waals surface area contributed by atoms with Gasteiger partial charge in [0.15, 0.2) is 0 Å². The highest BCUT2D eigenvalue weighted by Crippen LogP contribution is 2.15. The number of carbonyl (C=O) groups is 1. The molecule has 5 heteroatoms. The fraction of sp³-hybridized carbons (Fsp3) is 0.841. The Morgan fingerprint density at radius 3 is 1.24 bits per heavy atom. The molecule has 0 aromatic rings. The van der Waals surface area contributed by atoms with Crippen LogP contribution in [0.1, 0.15) is 213 Å². The van der Waals surface area contributed by atoms with Gasteiger partial charge in [-0.25, -0.2) is 0 Å². The van der Waals surface area contributed by atoms with E-state index >= 15 is 0 Å². The van der Waals surface area contributed by atoms with Crippen LogP contribution in [0.5, 0.6) is 0 Å². The van der Waals surface area contributed by atoms with Gasteiger partial charge in [0, 0.05) is 0 Å². The van der Waals surface area contributed by atoms with Gasteiger partial charge in [0.05, 0.1) is 18.8 Å². The van der Waals surface area contributed by atoms with E-state index < -0.39 is 24.2 Å². The molecule has 0 aliphatic carbocycles. The van der Waals surface area contributed by atoms with E-state index in [1.54, 1.807) is 6.08 Å². The third kappa shape index (κ3) is 34.8. The summed E-state index contributed by atoms with van der Waals surface area (Å²) in [6.45, 7) is 4.16. The Morgan fingerprint density at radius 2 is 0.837 bits per heavy atom. The Labute approximate surface area is 304 Å². The molecule has 0 saturated heterocycles. The van der Waals surface area contributed by atoms with Gasteiger partial charge in [-0.15, -0.1) is 0 Å². The Bertz CT molecular complexity index is 764. The Balaban J connectivity index is 3.75. The summed E-state index contributed by atoms with van der Waals surface area (Å²) in [7, 11) is 0. The Morgan fingerprint density at radius 1 is 0.490 bits per heavy atom. The molecule has 0 heterocycles. The predicted molar refractivity (Wildman–Crippen MR) is 213 cm³/mol. The van der Waals surface area contributed by atoms with Crippen molar-refractivity contribution in [2.75, 3.05) is 6.61 Å². The summed E-state index contributed by atoms with van der Waals surface area (Å²) in [5.74, 6) is -0.517. The number of amides is 1. The zero-order valence-corrected chi connectivity index (χ0v) is 32.6. The number of aliphatic hydroxyl groups excluding tert-OH is 3. The molecule has 0 aromatic heterocycles. The van der Waals surface area contributed by atoms with Crippen molar-refractivity contribution in [3.8, 4) is 0 Å². The molecule has 5 nitrogen and oxygen atoms in total. The van der Waals surface area contributed by atoms with Gasteiger partial charge in [-0.3, -0.25) is 4.79 Å². The van der Waals surface area contributed by atoms with Crippen LogP contribution >= 0.6 is 0 Å². The van der Waals surface area contributed by atoms with Gasteiger partial charge in [-0.05, 0) is 44.9 Å². The molecule has 3 unspecified atom stereocenters. The maximum atomic E-state index is 12.4. The van der Waals surface area contributed by atoms with Gasteiger partial charge in [-0.1, -0.05) is 204 Å². The van der Waals surface area contributed by atoms with E-state index in [2.05, 4.69) is 43.5 Å². The SMILES string of the molecule is CCCCCCCCCCCCCC/C=C/CC/C=C/CC/C=C/C(O)C(CO)NC(=O)C(O)CCCCCCCCCCCCCCC. The highest BCUT2D eigenvalue weighted by molar-refractivity contribution is 5.80. The summed E-state index contributed by atoms with van der Waals surface area (Å²) >= 11 is 0. The average Bonchev–Trinajstić information content (AvgIpc) is 3.11. The van der Waals surface area contributed by atoms with Crippen molar-refractivity contribution in [3.05, 3.63) is 36.5 Å². The van der Waals surface area contributed by atoms with Crippen LogP contribution in [0.3, 0.4) is 0 Å². The second kappa shape index (κ2) is 39.4. The van der Waals surface area contributed by atoms with E-state index in [4.69, 9.17) is 0 Å². The topological polar surface area (TPSA) is 89.8 Å². The minimum Gasteiger partial charge on any atom is -0.394 e. The van der Waals surface area contributed by atoms with Crippen molar-refractivity contribution >= 4 is 5.91 Å². The van der Waals surface area contributed by atoms with Crippen LogP contribution in [-0.2, 0) is 4.79 Å². The number of carbonyl (C=O) groups excluding carboxylic acids is 1. The van der Waals surface area contributed by atoms with E-state index in [1.807, 2.05) is 6.08 Å². The van der Waals surface area contributed by atoms with Gasteiger partial charge in [0.1, 0.15) is 6.10 Å². The van der Waals surface area contributed by atoms with Crippen LogP contribution in [0.25, 0.3) is 0 Å². The second-order valence-corrected chi connectivity index (χ2v) is 14.5. The zero-order valence-electron chi connectivity index (χ0n) is 32.6. The van der Waals surface area contributed by atoms with Crippen molar-refractivity contribution < 1.29 is 20.1 Å². The molecule has 0 aromatic carbocycles. The minimum atomic E-state index is -1.10. The number of nitrogens with one attached hydrogen (secondary N) is 1. The summed E-state index contributed by atoms with van der Waals surface area (Å²) < 4.78 is 0. The summed E-state index contributed by atoms with van der Waals surface area (Å²) in [6.07, 6.45) is 48.9. The number of unbranched alkanes of at least 4 members (excludes halogenated alkanes) is 26. The minimum absolute atomic E-state index is 0.380. The first-order chi connectivity index (χ1) is 24.1. The molecule has 1 amide bonds. The second-order valence-electron chi connectivity index (χ2n) is 14.5. The van der Waals surface area contributed by atoms with Gasteiger partial charge in [0.2, 0.25) is 5.91 Å². The largest absolute Gasteiger partial charge is 0.394 e. The first-order valence-corrected chi connectivity index (χ1v) is 21.3. The standard InChI is InChI=1S/C44H83NO4/c1-3-5-7-9-11-13-15-17-18-19-20-21-22-23-24-25-27-28-30-32-34-36-38-42(47)41(40-46)45-44(49)43(48)39-37-35-33-31-29-26-16-14-12-10-8-6-4-2/h23-24,28,30,36,38,41-43,46-48H,3-22,25-27,29,31-35,37,39-40H2,1-2H3,(H,45,49)/b24-23+,30-28+,38-36+. The summed E-state index contributed by atoms with van der Waals surface area (Å²) in [6, 6.07) is -0.817. The summed E-state index contributed by atoms with van der Waals surface area (Å²) in [5.41, 5.74) is 0. The van der Waals surface area contributed by atoms with Crippen LogP contribution in [0.2, 0.25) is 0 Å². The lowest BCUT2D eigenvalue weighted by Gasteiger charge is -2.21. The summed E-state index contributed by atoms with van der Waals surface area (Å²) in [5, 5.41) is 33.0. The highest BCUT2D eigenvalue weighted by atomic mass is 16.3. The fourth-order valence-electron chi connectivity index (χ4n) is 6.33. The van der Waals surface area contributed by atoms with Crippen molar-refractivity contribution in [2.45, 2.75) is 231 Å². The Kier molecular flexibility index (Phi) is 38.2. The third-order valence-electron chi connectivity index (χ3n) is 9.71. The predicted octanol–water partition coefficient (Wildman–Crippen LogP) is 12.0. The number of allylic oxidation sites excluding steroid dienone is 5. The molecule has 0 spiro atoms. The van der Waals surface area contributed by atoms with Crippen LogP contribution in [0.15, 0.2) is 36.5 Å². The van der Waals surface area contributed by atoms with E-state index in [-0.39, 0.29) is 6.61 Å². The lowest BCUT2D eigenvalue weighted by Crippen LogP contribution is -2.48. The molecule has 0 aliphatic rings. The quantitative estimate of drug-likeness (QED) is 0.0384. The highest BCUT2D eigenvalue weighted by Gasteiger charge is 2.22. The molecule has 49 heavy (non-hydrogen) atoms. The number of hydrogen-bond acceptors (Lipinski definition) is 4. The normalized spacial score (nSPS) is 14.0. The third-order valence-corrected chi connectivity index (χ3v) is 9.71. The average molecular weight is 690 g/mol. The lowest BCUT2D eigenvalue weighted by atomic mass is 10.0. The van der Waals surface area contributed by atoms with Crippen LogP contribution in [0, 0.1) is 0 Å². The lowest BCUT2D eigenvalue weighted by molar-refractivity contribution is -0.131. The molecule has 0 aliphatic heterocycles. The van der Waals surface area contributed by atoms with Gasteiger partial charge < -0.3 is 20.6 Å². The van der Waals surface area contributed by atoms with Crippen LogP contribution in [0.4, 0.5) is 0 Å². The van der Waals surface area contributed by atoms with E-state index in [1.165, 1.54) is 148 Å². The van der Waals surface area contributed by atoms with Crippen molar-refractivity contribution in [2.24, 2.45) is 0 Å². The molecule has 3 atom stereocenters. The molecule has 288 valence electrons. The molecule has 0 radical (unpaired) electrons. The molecule has 0 fully saturated rings. The van der Waals surface area contributed by atoms with Crippen LogP contribution in [-0.4, -0.2) is 46.1 Å². The maximum Gasteiger partial charge on any atom is 0.249 e. The molecule has 0 saturated carbocycles. The van der Waals surface area contributed by atoms with E-state index in [0.29, 0.717) is 6.42 Å². The first-order valence-electron chi connectivity index (χ1n) is 21.3. The van der Waals surface area contributed by atoms with E-state index in [0.717, 1.165) is 44.9 Å². The number of hydrogen-bond donors (Lipinski definition) is 4. The van der Waals surface area contributed by atoms with Crippen molar-refractivity contribution in [3.63, 3.8) is 0 Å². The molecule has 4 N–H and O–H groups in total. The van der Waals surface area contributed by atoms with Gasteiger partial charge >= 0.3 is 0 Å².